The summed E-state index contributed by atoms with van der Waals surface area (Å²) in [6.07, 6.45) is 0. The number of hydrogen-bond donors (Lipinski definition) is 0. The van der Waals surface area contributed by atoms with Gasteiger partial charge in [-0.1, -0.05) is 36.4 Å². The smallest absolute Gasteiger partial charge is 0.173 e. The minimum atomic E-state index is -0.0695. The van der Waals surface area contributed by atoms with Crippen LogP contribution in [0.1, 0.15) is 34.1 Å². The van der Waals surface area contributed by atoms with Gasteiger partial charge in [0.25, 0.3) is 0 Å². The van der Waals surface area contributed by atoms with Crippen molar-refractivity contribution in [3.63, 3.8) is 0 Å². The lowest BCUT2D eigenvalue weighted by Gasteiger charge is -2.40. The number of hydrogen-bond acceptors (Lipinski definition) is 7. The van der Waals surface area contributed by atoms with Crippen molar-refractivity contribution < 1.29 is 9.47 Å². The molecule has 0 saturated carbocycles. The number of rotatable bonds is 8. The molecule has 8 heteroatoms. The molecular formula is C29H34N6O2. The summed E-state index contributed by atoms with van der Waals surface area (Å²) in [5.41, 5.74) is 6.19. The molecule has 5 rings (SSSR count). The molecule has 1 aliphatic heterocycles. The molecule has 0 radical (unpaired) electrons. The van der Waals surface area contributed by atoms with E-state index in [4.69, 9.17) is 9.47 Å². The molecule has 4 aromatic rings. The van der Waals surface area contributed by atoms with Crippen molar-refractivity contribution in [2.24, 2.45) is 0 Å². The maximum Gasteiger partial charge on any atom is 0.173 e. The monoisotopic (exact) mass is 498 g/mol. The van der Waals surface area contributed by atoms with E-state index in [0.29, 0.717) is 6.54 Å². The SMILES string of the molecule is COc1ccc(Cn2nnnc2C(c2ccc(OC)cc2)N2CCN(c3cc(C)ccc3C)CC2)cc1. The van der Waals surface area contributed by atoms with Crippen molar-refractivity contribution in [1.29, 1.82) is 0 Å². The molecule has 0 aliphatic carbocycles. The second kappa shape index (κ2) is 11.0. The molecule has 2 heterocycles. The molecule has 1 fully saturated rings. The van der Waals surface area contributed by atoms with E-state index in [2.05, 4.69) is 81.6 Å². The van der Waals surface area contributed by atoms with E-state index < -0.39 is 0 Å². The van der Waals surface area contributed by atoms with Gasteiger partial charge in [-0.2, -0.15) is 0 Å². The van der Waals surface area contributed by atoms with Gasteiger partial charge >= 0.3 is 0 Å². The molecule has 1 unspecified atom stereocenters. The van der Waals surface area contributed by atoms with Crippen LogP contribution in [0.3, 0.4) is 0 Å². The van der Waals surface area contributed by atoms with Gasteiger partial charge in [0.1, 0.15) is 11.5 Å². The highest BCUT2D eigenvalue weighted by Gasteiger charge is 2.31. The zero-order valence-electron chi connectivity index (χ0n) is 22.0. The highest BCUT2D eigenvalue weighted by Crippen LogP contribution is 2.31. The summed E-state index contributed by atoms with van der Waals surface area (Å²) in [7, 11) is 3.36. The lowest BCUT2D eigenvalue weighted by atomic mass is 10.0. The minimum Gasteiger partial charge on any atom is -0.497 e. The van der Waals surface area contributed by atoms with Gasteiger partial charge in [-0.15, -0.1) is 5.10 Å². The van der Waals surface area contributed by atoms with Gasteiger partial charge in [-0.25, -0.2) is 4.68 Å². The molecule has 0 spiro atoms. The zero-order valence-corrected chi connectivity index (χ0v) is 22.0. The Kier molecular flexibility index (Phi) is 7.37. The molecule has 37 heavy (non-hydrogen) atoms. The second-order valence-corrected chi connectivity index (χ2v) is 9.53. The number of aromatic nitrogens is 4. The van der Waals surface area contributed by atoms with Crippen LogP contribution in [0.5, 0.6) is 11.5 Å². The van der Waals surface area contributed by atoms with E-state index in [1.54, 1.807) is 14.2 Å². The van der Waals surface area contributed by atoms with Crippen LogP contribution in [0.25, 0.3) is 0 Å². The first-order valence-electron chi connectivity index (χ1n) is 12.6. The molecule has 0 amide bonds. The first kappa shape index (κ1) is 24.8. The molecule has 192 valence electrons. The van der Waals surface area contributed by atoms with Gasteiger partial charge in [0, 0.05) is 31.9 Å². The number of anilines is 1. The van der Waals surface area contributed by atoms with Crippen LogP contribution in [0.4, 0.5) is 5.69 Å². The van der Waals surface area contributed by atoms with Crippen molar-refractivity contribution >= 4 is 5.69 Å². The lowest BCUT2D eigenvalue weighted by Crippen LogP contribution is -2.48. The first-order chi connectivity index (χ1) is 18.1. The second-order valence-electron chi connectivity index (χ2n) is 9.53. The molecule has 0 N–H and O–H groups in total. The Morgan fingerprint density at radius 1 is 0.811 bits per heavy atom. The predicted octanol–water partition coefficient (Wildman–Crippen LogP) is 4.27. The van der Waals surface area contributed by atoms with Crippen LogP contribution < -0.4 is 14.4 Å². The van der Waals surface area contributed by atoms with Crippen LogP contribution in [-0.4, -0.2) is 65.5 Å². The van der Waals surface area contributed by atoms with Crippen LogP contribution in [0, 0.1) is 13.8 Å². The number of benzene rings is 3. The molecular weight excluding hydrogens is 464 g/mol. The van der Waals surface area contributed by atoms with Gasteiger partial charge in [0.15, 0.2) is 5.82 Å². The molecule has 1 saturated heterocycles. The largest absolute Gasteiger partial charge is 0.497 e. The molecule has 1 aliphatic rings. The van der Waals surface area contributed by atoms with E-state index >= 15 is 0 Å². The number of aryl methyl sites for hydroxylation is 2. The van der Waals surface area contributed by atoms with Crippen molar-refractivity contribution in [2.45, 2.75) is 26.4 Å². The Morgan fingerprint density at radius 3 is 2.11 bits per heavy atom. The number of nitrogens with zero attached hydrogens (tertiary/aromatic N) is 6. The Morgan fingerprint density at radius 2 is 1.46 bits per heavy atom. The van der Waals surface area contributed by atoms with Gasteiger partial charge in [0.05, 0.1) is 26.8 Å². The van der Waals surface area contributed by atoms with Crippen molar-refractivity contribution in [2.75, 3.05) is 45.3 Å². The Bertz CT molecular complexity index is 1310. The average Bonchev–Trinajstić information content (AvgIpc) is 3.39. The zero-order chi connectivity index (χ0) is 25.8. The molecule has 3 aromatic carbocycles. The highest BCUT2D eigenvalue weighted by atomic mass is 16.5. The summed E-state index contributed by atoms with van der Waals surface area (Å²) < 4.78 is 12.6. The van der Waals surface area contributed by atoms with Crippen LogP contribution >= 0.6 is 0 Å². The Hall–Kier alpha value is -3.91. The average molecular weight is 499 g/mol. The van der Waals surface area contributed by atoms with Crippen molar-refractivity contribution in [3.05, 3.63) is 94.8 Å². The molecule has 8 nitrogen and oxygen atoms in total. The minimum absolute atomic E-state index is 0.0695. The fourth-order valence-electron chi connectivity index (χ4n) is 5.01. The Balaban J connectivity index is 1.42. The van der Waals surface area contributed by atoms with Crippen LogP contribution in [-0.2, 0) is 6.54 Å². The van der Waals surface area contributed by atoms with Gasteiger partial charge < -0.3 is 14.4 Å². The van der Waals surface area contributed by atoms with Gasteiger partial charge in [-0.05, 0) is 76.9 Å². The predicted molar refractivity (Wildman–Crippen MR) is 144 cm³/mol. The fraction of sp³-hybridized carbons (Fsp3) is 0.345. The third-order valence-electron chi connectivity index (χ3n) is 7.11. The van der Waals surface area contributed by atoms with Crippen molar-refractivity contribution in [3.8, 4) is 11.5 Å². The summed E-state index contributed by atoms with van der Waals surface area (Å²) in [6.45, 7) is 8.62. The third-order valence-corrected chi connectivity index (χ3v) is 7.11. The van der Waals surface area contributed by atoms with Gasteiger partial charge in [-0.3, -0.25) is 4.90 Å². The summed E-state index contributed by atoms with van der Waals surface area (Å²) in [5, 5.41) is 13.0. The Labute approximate surface area is 218 Å². The highest BCUT2D eigenvalue weighted by molar-refractivity contribution is 5.55. The standard InChI is InChI=1S/C29H34N6O2/c1-21-5-6-22(2)27(19-21)33-15-17-34(18-16-33)28(24-9-13-26(37-4)14-10-24)29-30-31-32-35(29)20-23-7-11-25(36-3)12-8-23/h5-14,19,28H,15-18,20H2,1-4H3. The maximum atomic E-state index is 5.41. The number of ether oxygens (including phenoxy) is 2. The molecule has 1 aromatic heterocycles. The quantitative estimate of drug-likeness (QED) is 0.359. The van der Waals surface area contributed by atoms with Crippen LogP contribution in [0.15, 0.2) is 66.7 Å². The van der Waals surface area contributed by atoms with E-state index in [1.165, 1.54) is 16.8 Å². The summed E-state index contributed by atoms with van der Waals surface area (Å²) in [4.78, 5) is 4.98. The van der Waals surface area contributed by atoms with E-state index in [9.17, 15) is 0 Å². The number of tetrazole rings is 1. The van der Waals surface area contributed by atoms with Gasteiger partial charge in [0.2, 0.25) is 0 Å². The summed E-state index contributed by atoms with van der Waals surface area (Å²) in [5.74, 6) is 2.50. The summed E-state index contributed by atoms with van der Waals surface area (Å²) in [6, 6.07) is 22.9. The topological polar surface area (TPSA) is 68.5 Å². The maximum absolute atomic E-state index is 5.41. The molecule has 1 atom stereocenters. The number of methoxy groups -OCH3 is 2. The van der Waals surface area contributed by atoms with E-state index in [0.717, 1.165) is 54.6 Å². The number of piperazine rings is 1. The summed E-state index contributed by atoms with van der Waals surface area (Å²) >= 11 is 0. The van der Waals surface area contributed by atoms with E-state index in [-0.39, 0.29) is 6.04 Å². The normalized spacial score (nSPS) is 15.0. The van der Waals surface area contributed by atoms with Crippen molar-refractivity contribution in [1.82, 2.24) is 25.1 Å². The fourth-order valence-corrected chi connectivity index (χ4v) is 5.01. The molecule has 0 bridgehead atoms. The lowest BCUT2D eigenvalue weighted by molar-refractivity contribution is 0.201. The first-order valence-corrected chi connectivity index (χ1v) is 12.6. The van der Waals surface area contributed by atoms with Crippen LogP contribution in [0.2, 0.25) is 0 Å². The van der Waals surface area contributed by atoms with E-state index in [1.807, 2.05) is 28.9 Å². The third kappa shape index (κ3) is 5.44.